The molecule has 0 bridgehead atoms. The third-order valence-corrected chi connectivity index (χ3v) is 9.43. The van der Waals surface area contributed by atoms with Gasteiger partial charge < -0.3 is 35.8 Å². The third-order valence-electron chi connectivity index (χ3n) is 9.43. The minimum Gasteiger partial charge on any atom is -0.465 e. The largest absolute Gasteiger partial charge is 0.465 e. The van der Waals surface area contributed by atoms with E-state index in [9.17, 15) is 34.5 Å². The van der Waals surface area contributed by atoms with Crippen molar-refractivity contribution < 1.29 is 34.5 Å². The monoisotopic (exact) mass is 753 g/mol. The van der Waals surface area contributed by atoms with Crippen molar-refractivity contribution in [1.29, 1.82) is 0 Å². The number of nitrogens with zero attached hydrogens (tertiary/aromatic N) is 4. The van der Waals surface area contributed by atoms with Crippen molar-refractivity contribution in [1.82, 2.24) is 35.9 Å². The fourth-order valence-electron chi connectivity index (χ4n) is 6.49. The van der Waals surface area contributed by atoms with Crippen LogP contribution in [0.3, 0.4) is 0 Å². The van der Waals surface area contributed by atoms with Gasteiger partial charge in [0, 0.05) is 26.2 Å². The summed E-state index contributed by atoms with van der Waals surface area (Å²) in [6.45, 7) is 19.5. The van der Waals surface area contributed by atoms with Gasteiger partial charge in [-0.3, -0.25) is 20.0 Å². The summed E-state index contributed by atoms with van der Waals surface area (Å²) >= 11 is 0. The number of hydrogen-bond acceptors (Lipinski definition) is 8. The maximum Gasteiger partial charge on any atom is 0.405 e. The van der Waals surface area contributed by atoms with Crippen LogP contribution in [0.2, 0.25) is 0 Å². The van der Waals surface area contributed by atoms with Crippen LogP contribution in [-0.4, -0.2) is 109 Å². The summed E-state index contributed by atoms with van der Waals surface area (Å²) in [7, 11) is 0. The number of hydrazine groups is 1. The van der Waals surface area contributed by atoms with Crippen LogP contribution in [0.25, 0.3) is 0 Å². The standard InChI is InChI=1S/C40H63N7O7/c1-26(2)19-20-46(44-34(49)32(38(3,4)5)43-36(51)52)25-30(48)29(23-27-15-12-11-13-16-27)42-35(50)33(39(6,7)8)47-22-21-45(37(47)53)24-28-17-14-18-31(41-28)40(9,10)54/h11-18,26,29-30,32-33,43,48,54H,19-25H2,1-10H3,(H,42,50)(H,44,49)(H,51,52)/t29-,30-,32+,33+/m0/s1. The number of aliphatic hydroxyl groups is 2. The number of urea groups is 1. The van der Waals surface area contributed by atoms with Gasteiger partial charge in [0.25, 0.3) is 5.91 Å². The highest BCUT2D eigenvalue weighted by atomic mass is 16.4. The lowest BCUT2D eigenvalue weighted by molar-refractivity contribution is -0.133. The van der Waals surface area contributed by atoms with E-state index in [0.29, 0.717) is 37.4 Å². The fraction of sp³-hybridized carbons (Fsp3) is 0.625. The van der Waals surface area contributed by atoms with Gasteiger partial charge in [-0.25, -0.2) is 14.6 Å². The number of carbonyl (C=O) groups excluding carboxylic acids is 3. The molecule has 300 valence electrons. The van der Waals surface area contributed by atoms with Crippen molar-refractivity contribution >= 4 is 23.9 Å². The van der Waals surface area contributed by atoms with E-state index in [0.717, 1.165) is 5.56 Å². The van der Waals surface area contributed by atoms with E-state index in [1.54, 1.807) is 67.6 Å². The minimum absolute atomic E-state index is 0.0620. The zero-order chi connectivity index (χ0) is 40.6. The molecule has 0 aliphatic carbocycles. The predicted octanol–water partition coefficient (Wildman–Crippen LogP) is 4.11. The second-order valence-electron chi connectivity index (χ2n) is 17.5. The van der Waals surface area contributed by atoms with E-state index in [1.807, 2.05) is 65.0 Å². The van der Waals surface area contributed by atoms with Gasteiger partial charge in [0.15, 0.2) is 0 Å². The molecule has 1 fully saturated rings. The molecule has 54 heavy (non-hydrogen) atoms. The summed E-state index contributed by atoms with van der Waals surface area (Å²) in [5.41, 5.74) is 2.25. The zero-order valence-electron chi connectivity index (χ0n) is 33.7. The van der Waals surface area contributed by atoms with Gasteiger partial charge in [-0.15, -0.1) is 0 Å². The van der Waals surface area contributed by atoms with Gasteiger partial charge in [0.1, 0.15) is 17.7 Å². The predicted molar refractivity (Wildman–Crippen MR) is 207 cm³/mol. The van der Waals surface area contributed by atoms with E-state index in [4.69, 9.17) is 0 Å². The summed E-state index contributed by atoms with van der Waals surface area (Å²) in [6.07, 6.45) is -1.56. The van der Waals surface area contributed by atoms with E-state index >= 15 is 0 Å². The Bertz CT molecular complexity index is 1570. The molecule has 2 heterocycles. The highest BCUT2D eigenvalue weighted by molar-refractivity contribution is 5.89. The van der Waals surface area contributed by atoms with Crippen LogP contribution in [0, 0.1) is 16.7 Å². The van der Waals surface area contributed by atoms with E-state index < -0.39 is 58.6 Å². The molecular formula is C40H63N7O7. The number of carboxylic acid groups (broad SMARTS) is 1. The number of amides is 5. The van der Waals surface area contributed by atoms with Crippen LogP contribution < -0.4 is 16.1 Å². The Morgan fingerprint density at radius 1 is 0.889 bits per heavy atom. The Hall–Kier alpha value is -4.27. The van der Waals surface area contributed by atoms with Crippen LogP contribution in [0.15, 0.2) is 48.5 Å². The average Bonchev–Trinajstić information content (AvgIpc) is 3.39. The molecule has 1 aromatic carbocycles. The molecule has 3 rings (SSSR count). The summed E-state index contributed by atoms with van der Waals surface area (Å²) in [4.78, 5) is 61.2. The molecule has 2 aromatic rings. The molecule has 14 nitrogen and oxygen atoms in total. The van der Waals surface area contributed by atoms with Crippen molar-refractivity contribution in [2.45, 2.75) is 118 Å². The maximum atomic E-state index is 14.4. The van der Waals surface area contributed by atoms with Gasteiger partial charge >= 0.3 is 12.1 Å². The Morgan fingerprint density at radius 3 is 2.09 bits per heavy atom. The lowest BCUT2D eigenvalue weighted by Gasteiger charge is -2.38. The van der Waals surface area contributed by atoms with Gasteiger partial charge in [-0.2, -0.15) is 0 Å². The number of carbonyl (C=O) groups is 4. The van der Waals surface area contributed by atoms with Crippen molar-refractivity contribution in [3.8, 4) is 0 Å². The average molecular weight is 754 g/mol. The second kappa shape index (κ2) is 18.4. The van der Waals surface area contributed by atoms with E-state index in [-0.39, 0.29) is 31.5 Å². The van der Waals surface area contributed by atoms with E-state index in [2.05, 4.69) is 21.0 Å². The lowest BCUT2D eigenvalue weighted by Crippen LogP contribution is -2.61. The minimum atomic E-state index is -1.32. The molecule has 1 aliphatic heterocycles. The Morgan fingerprint density at radius 2 is 1.54 bits per heavy atom. The summed E-state index contributed by atoms with van der Waals surface area (Å²) in [5, 5.41) is 38.7. The topological polar surface area (TPSA) is 188 Å². The SMILES string of the molecule is CC(C)CCN(C[C@H](O)[C@H](Cc1ccccc1)NC(=O)[C@@H](N1CCN(Cc2cccc(C(C)(C)O)n2)C1=O)C(C)(C)C)NC(=O)[C@@H](NC(=O)O)C(C)(C)C. The fourth-order valence-corrected chi connectivity index (χ4v) is 6.49. The highest BCUT2D eigenvalue weighted by Gasteiger charge is 2.44. The molecule has 0 unspecified atom stereocenters. The second-order valence-corrected chi connectivity index (χ2v) is 17.5. The maximum absolute atomic E-state index is 14.4. The lowest BCUT2D eigenvalue weighted by atomic mass is 9.84. The smallest absolute Gasteiger partial charge is 0.405 e. The first-order valence-corrected chi connectivity index (χ1v) is 18.8. The van der Waals surface area contributed by atoms with Crippen molar-refractivity contribution in [3.05, 3.63) is 65.5 Å². The summed E-state index contributed by atoms with van der Waals surface area (Å²) in [5.74, 6) is -0.712. The van der Waals surface area contributed by atoms with Gasteiger partial charge in [0.05, 0.1) is 30.1 Å². The number of rotatable bonds is 17. The molecule has 6 N–H and O–H groups in total. The van der Waals surface area contributed by atoms with Crippen LogP contribution in [0.4, 0.5) is 9.59 Å². The molecule has 5 amide bonds. The molecule has 0 radical (unpaired) electrons. The zero-order valence-corrected chi connectivity index (χ0v) is 33.7. The first-order valence-electron chi connectivity index (χ1n) is 18.8. The Kier molecular flexibility index (Phi) is 15.0. The number of pyridine rings is 1. The summed E-state index contributed by atoms with van der Waals surface area (Å²) < 4.78 is 0. The van der Waals surface area contributed by atoms with Crippen molar-refractivity contribution in [2.24, 2.45) is 16.7 Å². The number of aromatic nitrogens is 1. The number of nitrogens with one attached hydrogen (secondary N) is 3. The third kappa shape index (κ3) is 12.9. The molecule has 14 heteroatoms. The molecule has 4 atom stereocenters. The Labute approximate surface area is 320 Å². The van der Waals surface area contributed by atoms with Crippen LogP contribution >= 0.6 is 0 Å². The first kappa shape index (κ1) is 44.1. The number of hydrogen-bond donors (Lipinski definition) is 6. The van der Waals surface area contributed by atoms with E-state index in [1.165, 1.54) is 0 Å². The molecular weight excluding hydrogens is 690 g/mol. The normalized spacial score (nSPS) is 16.3. The number of benzene rings is 1. The summed E-state index contributed by atoms with van der Waals surface area (Å²) in [6, 6.07) is 11.7. The molecule has 1 aromatic heterocycles. The van der Waals surface area contributed by atoms with Crippen molar-refractivity contribution in [3.63, 3.8) is 0 Å². The molecule has 1 aliphatic rings. The highest BCUT2D eigenvalue weighted by Crippen LogP contribution is 2.29. The molecule has 1 saturated heterocycles. The van der Waals surface area contributed by atoms with Crippen LogP contribution in [0.5, 0.6) is 0 Å². The Balaban J connectivity index is 1.88. The van der Waals surface area contributed by atoms with Crippen LogP contribution in [-0.2, 0) is 28.2 Å². The van der Waals surface area contributed by atoms with Gasteiger partial charge in [0.2, 0.25) is 5.91 Å². The van der Waals surface area contributed by atoms with Crippen LogP contribution in [0.1, 0.15) is 92.6 Å². The molecule has 0 saturated carbocycles. The van der Waals surface area contributed by atoms with Gasteiger partial charge in [-0.05, 0) is 61.1 Å². The van der Waals surface area contributed by atoms with Crippen molar-refractivity contribution in [2.75, 3.05) is 26.2 Å². The number of aliphatic hydroxyl groups excluding tert-OH is 1. The quantitative estimate of drug-likeness (QED) is 0.129. The molecule has 0 spiro atoms. The van der Waals surface area contributed by atoms with Gasteiger partial charge in [-0.1, -0.05) is 91.8 Å². The first-order chi connectivity index (χ1) is 25.0.